The van der Waals surface area contributed by atoms with Crippen LogP contribution >= 0.6 is 12.3 Å². The highest BCUT2D eigenvalue weighted by Gasteiger charge is 2.21. The molecular formula is C19H21FN6O2S. The number of anilines is 1. The van der Waals surface area contributed by atoms with Crippen molar-refractivity contribution in [3.63, 3.8) is 0 Å². The summed E-state index contributed by atoms with van der Waals surface area (Å²) in [6.45, 7) is 3.48. The third-order valence-corrected chi connectivity index (χ3v) is 4.69. The van der Waals surface area contributed by atoms with E-state index in [2.05, 4.69) is 20.6 Å². The van der Waals surface area contributed by atoms with E-state index in [1.54, 1.807) is 25.2 Å². The number of hydrogen-bond acceptors (Lipinski definition) is 7. The summed E-state index contributed by atoms with van der Waals surface area (Å²) in [6.07, 6.45) is 2.71. The number of benzene rings is 1. The Kier molecular flexibility index (Phi) is 6.14. The van der Waals surface area contributed by atoms with Gasteiger partial charge in [0.2, 0.25) is 0 Å². The molecule has 1 amide bonds. The predicted molar refractivity (Wildman–Crippen MR) is 112 cm³/mol. The lowest BCUT2D eigenvalue weighted by molar-refractivity contribution is 0.0944. The second kappa shape index (κ2) is 8.58. The van der Waals surface area contributed by atoms with Gasteiger partial charge in [-0.2, -0.15) is 0 Å². The number of fused-ring (bicyclic) bond motifs is 1. The number of aliphatic hydroxyl groups is 1. The number of aliphatic hydroxyl groups excluding tert-OH is 1. The highest BCUT2D eigenvalue weighted by molar-refractivity contribution is 7.92. The Morgan fingerprint density at radius 1 is 1.38 bits per heavy atom. The molecule has 0 aliphatic rings. The van der Waals surface area contributed by atoms with Crippen molar-refractivity contribution in [2.45, 2.75) is 26.5 Å². The Labute approximate surface area is 171 Å². The molecule has 1 aromatic carbocycles. The summed E-state index contributed by atoms with van der Waals surface area (Å²) < 4.78 is 14.4. The van der Waals surface area contributed by atoms with Gasteiger partial charge in [-0.3, -0.25) is 10.2 Å². The molecule has 4 N–H and O–H groups in total. The summed E-state index contributed by atoms with van der Waals surface area (Å²) in [5, 5.41) is 23.8. The number of nitrogens with one attached hydrogen (secondary N) is 3. The normalized spacial score (nSPS) is 11.1. The van der Waals surface area contributed by atoms with Crippen LogP contribution in [0, 0.1) is 5.41 Å². The number of halogens is 1. The molecule has 0 aliphatic carbocycles. The van der Waals surface area contributed by atoms with Crippen molar-refractivity contribution in [1.82, 2.24) is 19.3 Å². The Balaban J connectivity index is 2.12. The van der Waals surface area contributed by atoms with Crippen LogP contribution in [0.15, 0.2) is 30.6 Å². The molecule has 10 heteroatoms. The molecule has 0 spiro atoms. The van der Waals surface area contributed by atoms with Gasteiger partial charge in [0.1, 0.15) is 11.2 Å². The van der Waals surface area contributed by atoms with Gasteiger partial charge in [0.25, 0.3) is 5.91 Å². The standard InChI is InChI=1S/C19H21FN6O2S/c1-10(2)24-19(28)13-8-26(29-20)18-17(13)25-15(7-23-18)16(21)12-6-11(9-27)4-5-14(12)22-3/h4-8,10,21-22,27H,9H2,1-3H3,(H,24,28). The van der Waals surface area contributed by atoms with Crippen molar-refractivity contribution in [1.29, 1.82) is 5.41 Å². The van der Waals surface area contributed by atoms with E-state index >= 15 is 0 Å². The smallest absolute Gasteiger partial charge is 0.255 e. The Morgan fingerprint density at radius 3 is 2.76 bits per heavy atom. The van der Waals surface area contributed by atoms with Crippen LogP contribution in [-0.4, -0.2) is 43.8 Å². The minimum atomic E-state index is -0.394. The van der Waals surface area contributed by atoms with E-state index in [9.17, 15) is 13.8 Å². The van der Waals surface area contributed by atoms with E-state index < -0.39 is 5.91 Å². The quantitative estimate of drug-likeness (QED) is 0.440. The lowest BCUT2D eigenvalue weighted by atomic mass is 10.0. The molecule has 0 fully saturated rings. The molecule has 152 valence electrons. The fourth-order valence-electron chi connectivity index (χ4n) is 2.90. The largest absolute Gasteiger partial charge is 0.392 e. The van der Waals surface area contributed by atoms with Crippen molar-refractivity contribution in [3.8, 4) is 0 Å². The summed E-state index contributed by atoms with van der Waals surface area (Å²) in [5.41, 5.74) is 2.73. The molecule has 3 aromatic rings. The predicted octanol–water partition coefficient (Wildman–Crippen LogP) is 2.90. The molecule has 0 saturated heterocycles. The molecule has 0 bridgehead atoms. The van der Waals surface area contributed by atoms with Gasteiger partial charge in [0.15, 0.2) is 18.0 Å². The number of amides is 1. The van der Waals surface area contributed by atoms with Crippen LogP contribution < -0.4 is 10.6 Å². The first-order chi connectivity index (χ1) is 13.9. The van der Waals surface area contributed by atoms with Crippen LogP contribution in [0.25, 0.3) is 11.2 Å². The molecule has 0 unspecified atom stereocenters. The second-order valence-electron chi connectivity index (χ2n) is 6.66. The molecule has 2 aromatic heterocycles. The summed E-state index contributed by atoms with van der Waals surface area (Å²) in [5.74, 6) is -0.394. The molecule has 2 heterocycles. The molecule has 0 radical (unpaired) electrons. The fourth-order valence-corrected chi connectivity index (χ4v) is 3.24. The number of nitrogens with zero attached hydrogens (tertiary/aromatic N) is 3. The topological polar surface area (TPSA) is 116 Å². The van der Waals surface area contributed by atoms with Crippen LogP contribution in [0.4, 0.5) is 9.57 Å². The number of carbonyl (C=O) groups excluding carboxylic acids is 1. The van der Waals surface area contributed by atoms with Gasteiger partial charge in [-0.05, 0) is 31.5 Å². The summed E-state index contributed by atoms with van der Waals surface area (Å²) in [6, 6.07) is 5.10. The average molecular weight is 416 g/mol. The van der Waals surface area contributed by atoms with Crippen LogP contribution in [-0.2, 0) is 6.61 Å². The first-order valence-electron chi connectivity index (χ1n) is 8.88. The van der Waals surface area contributed by atoms with Gasteiger partial charge in [-0.15, -0.1) is 3.89 Å². The maximum atomic E-state index is 13.3. The molecule has 0 aliphatic heterocycles. The number of hydrogen-bond donors (Lipinski definition) is 4. The first kappa shape index (κ1) is 20.7. The minimum Gasteiger partial charge on any atom is -0.392 e. The van der Waals surface area contributed by atoms with E-state index in [0.29, 0.717) is 16.8 Å². The van der Waals surface area contributed by atoms with Gasteiger partial charge in [-0.25, -0.2) is 13.9 Å². The Bertz CT molecular complexity index is 1080. The maximum absolute atomic E-state index is 13.3. The number of rotatable bonds is 7. The summed E-state index contributed by atoms with van der Waals surface area (Å²) >= 11 is -0.0802. The third kappa shape index (κ3) is 4.08. The molecular weight excluding hydrogens is 395 g/mol. The van der Waals surface area contributed by atoms with Crippen LogP contribution in [0.5, 0.6) is 0 Å². The van der Waals surface area contributed by atoms with E-state index in [4.69, 9.17) is 5.41 Å². The maximum Gasteiger partial charge on any atom is 0.255 e. The zero-order chi connectivity index (χ0) is 21.1. The van der Waals surface area contributed by atoms with Gasteiger partial charge in [0.05, 0.1) is 24.1 Å². The third-order valence-electron chi connectivity index (χ3n) is 4.26. The van der Waals surface area contributed by atoms with Gasteiger partial charge < -0.3 is 15.7 Å². The van der Waals surface area contributed by atoms with E-state index in [-0.39, 0.29) is 53.1 Å². The fraction of sp³-hybridized carbons (Fsp3) is 0.263. The van der Waals surface area contributed by atoms with Crippen molar-refractivity contribution in [2.75, 3.05) is 12.4 Å². The van der Waals surface area contributed by atoms with E-state index in [1.165, 1.54) is 12.4 Å². The number of carbonyl (C=O) groups is 1. The van der Waals surface area contributed by atoms with Crippen LogP contribution in [0.3, 0.4) is 0 Å². The van der Waals surface area contributed by atoms with Gasteiger partial charge in [-0.1, -0.05) is 6.07 Å². The van der Waals surface area contributed by atoms with Crippen molar-refractivity contribution in [2.24, 2.45) is 0 Å². The van der Waals surface area contributed by atoms with Crippen molar-refractivity contribution in [3.05, 3.63) is 53.0 Å². The molecule has 0 saturated carbocycles. The summed E-state index contributed by atoms with van der Waals surface area (Å²) in [7, 11) is 1.73. The zero-order valence-corrected chi connectivity index (χ0v) is 17.0. The van der Waals surface area contributed by atoms with E-state index in [1.807, 2.05) is 13.8 Å². The second-order valence-corrected chi connectivity index (χ2v) is 7.19. The van der Waals surface area contributed by atoms with Gasteiger partial charge in [0, 0.05) is 30.5 Å². The lowest BCUT2D eigenvalue weighted by Crippen LogP contribution is -2.30. The monoisotopic (exact) mass is 416 g/mol. The Morgan fingerprint density at radius 2 is 2.14 bits per heavy atom. The minimum absolute atomic E-state index is 0.0647. The number of aromatic nitrogens is 3. The molecule has 3 rings (SSSR count). The lowest BCUT2D eigenvalue weighted by Gasteiger charge is -2.12. The first-order valence-corrected chi connectivity index (χ1v) is 9.55. The summed E-state index contributed by atoms with van der Waals surface area (Å²) in [4.78, 5) is 21.2. The van der Waals surface area contributed by atoms with Crippen LogP contribution in [0.2, 0.25) is 0 Å². The highest BCUT2D eigenvalue weighted by atomic mass is 32.2. The zero-order valence-electron chi connectivity index (χ0n) is 16.2. The molecule has 0 atom stereocenters. The van der Waals surface area contributed by atoms with Crippen molar-refractivity contribution < 1.29 is 13.8 Å². The average Bonchev–Trinajstić information content (AvgIpc) is 3.10. The highest BCUT2D eigenvalue weighted by Crippen LogP contribution is 2.25. The Hall–Kier alpha value is -2.98. The molecule has 8 nitrogen and oxygen atoms in total. The van der Waals surface area contributed by atoms with Crippen LogP contribution in [0.1, 0.15) is 41.0 Å². The van der Waals surface area contributed by atoms with E-state index in [0.717, 1.165) is 3.97 Å². The SMILES string of the molecule is CNc1ccc(CO)cc1C(=N)c1cnc2c(n1)c(C(=O)NC(C)C)cn2SF. The van der Waals surface area contributed by atoms with Crippen molar-refractivity contribution >= 4 is 40.8 Å². The van der Waals surface area contributed by atoms with Gasteiger partial charge >= 0.3 is 0 Å². The molecule has 29 heavy (non-hydrogen) atoms.